The van der Waals surface area contributed by atoms with Crippen LogP contribution in [0.1, 0.15) is 99.8 Å². The summed E-state index contributed by atoms with van der Waals surface area (Å²) >= 11 is 0. The Morgan fingerprint density at radius 2 is 1.62 bits per heavy atom. The predicted octanol–water partition coefficient (Wildman–Crippen LogP) is 6.06. The smallest absolute Gasteiger partial charge is 0.310 e. The molecule has 0 bridgehead atoms. The van der Waals surface area contributed by atoms with Crippen LogP contribution in [0.5, 0.6) is 0 Å². The highest BCUT2D eigenvalue weighted by Crippen LogP contribution is 2.75. The lowest BCUT2D eigenvalue weighted by Crippen LogP contribution is -2.67. The summed E-state index contributed by atoms with van der Waals surface area (Å²) in [4.78, 5) is 12.8. The molecule has 0 aromatic carbocycles. The number of rotatable bonds is 1. The Morgan fingerprint density at radius 3 is 2.26 bits per heavy atom. The van der Waals surface area contributed by atoms with E-state index in [1.54, 1.807) is 0 Å². The molecule has 0 radical (unpaired) electrons. The maximum absolute atomic E-state index is 12.8. The van der Waals surface area contributed by atoms with Crippen LogP contribution in [0.2, 0.25) is 0 Å². The maximum Gasteiger partial charge on any atom is 0.310 e. The molecule has 0 saturated heterocycles. The molecule has 4 nitrogen and oxygen atoms in total. The second-order valence-corrected chi connectivity index (χ2v) is 14.6. The number of fused-ring (bicyclic) bond motifs is 7. The van der Waals surface area contributed by atoms with Gasteiger partial charge in [-0.3, -0.25) is 4.79 Å². The van der Waals surface area contributed by atoms with Gasteiger partial charge in [0.25, 0.3) is 0 Å². The minimum Gasteiger partial charge on any atom is -0.481 e. The summed E-state index contributed by atoms with van der Waals surface area (Å²) in [5.74, 6) is 1.30. The third kappa shape index (κ3) is 2.76. The lowest BCUT2D eigenvalue weighted by Gasteiger charge is -2.71. The van der Waals surface area contributed by atoms with Gasteiger partial charge in [-0.2, -0.15) is 0 Å². The van der Waals surface area contributed by atoms with Crippen LogP contribution in [0.4, 0.5) is 0 Å². The first kappa shape index (κ1) is 24.8. The van der Waals surface area contributed by atoms with Crippen LogP contribution in [0.15, 0.2) is 11.6 Å². The highest BCUT2D eigenvalue weighted by Gasteiger charge is 2.70. The van der Waals surface area contributed by atoms with Gasteiger partial charge >= 0.3 is 5.97 Å². The molecule has 0 aromatic rings. The normalized spacial score (nSPS) is 56.3. The van der Waals surface area contributed by atoms with Gasteiger partial charge in [-0.15, -0.1) is 0 Å². The Kier molecular flexibility index (Phi) is 5.36. The first-order chi connectivity index (χ1) is 15.7. The second-order valence-electron chi connectivity index (χ2n) is 14.6. The number of carboxylic acid groups (broad SMARTS) is 1. The minimum absolute atomic E-state index is 0.00993. The Morgan fingerprint density at radius 1 is 0.941 bits per heavy atom. The van der Waals surface area contributed by atoms with Crippen molar-refractivity contribution < 1.29 is 20.1 Å². The van der Waals surface area contributed by atoms with Crippen molar-refractivity contribution in [3.05, 3.63) is 11.6 Å². The monoisotopic (exact) mass is 472 g/mol. The Labute approximate surface area is 206 Å². The van der Waals surface area contributed by atoms with Crippen molar-refractivity contribution in [2.24, 2.45) is 56.7 Å². The third-order valence-electron chi connectivity index (χ3n) is 13.4. The molecule has 5 aliphatic rings. The molecule has 192 valence electrons. The number of hydrogen-bond donors (Lipinski definition) is 3. The zero-order valence-electron chi connectivity index (χ0n) is 22.5. The number of carbonyl (C=O) groups is 1. The molecule has 1 unspecified atom stereocenters. The fourth-order valence-electron chi connectivity index (χ4n) is 11.0. The van der Waals surface area contributed by atoms with Crippen LogP contribution < -0.4 is 0 Å². The molecule has 4 fully saturated rings. The van der Waals surface area contributed by atoms with Gasteiger partial charge in [0.1, 0.15) is 0 Å². The lowest BCUT2D eigenvalue weighted by molar-refractivity contribution is -0.232. The zero-order valence-corrected chi connectivity index (χ0v) is 22.5. The molecule has 0 heterocycles. The number of aliphatic hydroxyl groups excluding tert-OH is 2. The molecule has 4 saturated carbocycles. The number of aliphatic hydroxyl groups is 2. The van der Waals surface area contributed by atoms with Crippen LogP contribution in [-0.4, -0.2) is 33.5 Å². The lowest BCUT2D eigenvalue weighted by atomic mass is 9.33. The molecule has 4 heteroatoms. The van der Waals surface area contributed by atoms with Gasteiger partial charge in [-0.1, -0.05) is 60.1 Å². The molecule has 11 atom stereocenters. The van der Waals surface area contributed by atoms with Crippen molar-refractivity contribution in [1.82, 2.24) is 0 Å². The van der Waals surface area contributed by atoms with Gasteiger partial charge in [0.05, 0.1) is 17.6 Å². The summed E-state index contributed by atoms with van der Waals surface area (Å²) in [6.07, 6.45) is 8.53. The molecular formula is C30H48O4. The first-order valence-corrected chi connectivity index (χ1v) is 14.0. The van der Waals surface area contributed by atoms with Crippen molar-refractivity contribution in [3.63, 3.8) is 0 Å². The molecule has 0 amide bonds. The van der Waals surface area contributed by atoms with Crippen LogP contribution in [-0.2, 0) is 4.79 Å². The largest absolute Gasteiger partial charge is 0.481 e. The van der Waals surface area contributed by atoms with E-state index in [0.29, 0.717) is 30.1 Å². The Balaban J connectivity index is 1.62. The molecule has 0 aliphatic heterocycles. The van der Waals surface area contributed by atoms with E-state index in [4.69, 9.17) is 0 Å². The summed E-state index contributed by atoms with van der Waals surface area (Å²) < 4.78 is 0. The first-order valence-electron chi connectivity index (χ1n) is 14.0. The van der Waals surface area contributed by atoms with E-state index in [9.17, 15) is 20.1 Å². The van der Waals surface area contributed by atoms with Crippen molar-refractivity contribution in [2.75, 3.05) is 0 Å². The molecule has 34 heavy (non-hydrogen) atoms. The van der Waals surface area contributed by atoms with Gasteiger partial charge in [0, 0.05) is 0 Å². The number of hydrogen-bond acceptors (Lipinski definition) is 3. The summed E-state index contributed by atoms with van der Waals surface area (Å²) in [6.45, 7) is 16.3. The van der Waals surface area contributed by atoms with E-state index in [0.717, 1.165) is 44.9 Å². The Hall–Kier alpha value is -0.870. The van der Waals surface area contributed by atoms with Gasteiger partial charge < -0.3 is 15.3 Å². The van der Waals surface area contributed by atoms with E-state index in [2.05, 4.69) is 54.5 Å². The second kappa shape index (κ2) is 7.34. The summed E-state index contributed by atoms with van der Waals surface area (Å²) in [7, 11) is 0. The summed E-state index contributed by atoms with van der Waals surface area (Å²) in [5, 5.41) is 32.4. The van der Waals surface area contributed by atoms with Crippen molar-refractivity contribution in [3.8, 4) is 0 Å². The van der Waals surface area contributed by atoms with Crippen LogP contribution >= 0.6 is 0 Å². The summed E-state index contributed by atoms with van der Waals surface area (Å²) in [5.41, 5.74) is 0.574. The number of aliphatic carboxylic acids is 1. The van der Waals surface area contributed by atoms with Gasteiger partial charge in [-0.25, -0.2) is 0 Å². The molecule has 0 spiro atoms. The quantitative estimate of drug-likeness (QED) is 0.405. The average Bonchev–Trinajstić information content (AvgIpc) is 2.75. The van der Waals surface area contributed by atoms with Gasteiger partial charge in [0.2, 0.25) is 0 Å². The summed E-state index contributed by atoms with van der Waals surface area (Å²) in [6, 6.07) is 0. The predicted molar refractivity (Wildman–Crippen MR) is 134 cm³/mol. The minimum atomic E-state index is -0.679. The molecular weight excluding hydrogens is 424 g/mol. The van der Waals surface area contributed by atoms with E-state index in [1.165, 1.54) is 5.57 Å². The van der Waals surface area contributed by atoms with Gasteiger partial charge in [0.15, 0.2) is 0 Å². The fourth-order valence-corrected chi connectivity index (χ4v) is 11.0. The maximum atomic E-state index is 12.8. The van der Waals surface area contributed by atoms with Crippen molar-refractivity contribution >= 4 is 5.97 Å². The van der Waals surface area contributed by atoms with E-state index in [-0.39, 0.29) is 27.6 Å². The highest BCUT2D eigenvalue weighted by atomic mass is 16.4. The van der Waals surface area contributed by atoms with Gasteiger partial charge in [-0.05, 0) is 103 Å². The standard InChI is InChI=1S/C30H48O4/c1-17-10-13-30(25(33)34)15-14-28(6)19(23(30)18(17)2)8-9-22-27(5)16-20(31)24(32)26(3,4)21(27)11-12-29(22,28)7/h8,17-18,20-24,31-32H,9-16H2,1-7H3,(H,33,34)/t17-,18+,20-,21+,22?,23+,24+,27+,28-,29-,30+/m1/s1. The molecule has 5 aliphatic carbocycles. The van der Waals surface area contributed by atoms with E-state index >= 15 is 0 Å². The third-order valence-corrected chi connectivity index (χ3v) is 13.4. The fraction of sp³-hybridized carbons (Fsp3) is 0.900. The molecule has 3 N–H and O–H groups in total. The topological polar surface area (TPSA) is 77.8 Å². The SMILES string of the molecule is C[C@H]1[C@H](C)CC[C@]2(C(=O)O)CC[C@]3(C)C(=CCC4[C@@]5(C)C[C@@H](O)[C@H](O)C(C)(C)[C@@H]5CC[C@]43C)[C@H]12. The van der Waals surface area contributed by atoms with Crippen LogP contribution in [0, 0.1) is 56.7 Å². The molecule has 5 rings (SSSR count). The average molecular weight is 473 g/mol. The Bertz CT molecular complexity index is 907. The van der Waals surface area contributed by atoms with Crippen LogP contribution in [0.3, 0.4) is 0 Å². The van der Waals surface area contributed by atoms with E-state index < -0.39 is 23.6 Å². The zero-order chi connectivity index (χ0) is 25.1. The number of allylic oxidation sites excluding steroid dienone is 2. The highest BCUT2D eigenvalue weighted by molar-refractivity contribution is 5.76. The van der Waals surface area contributed by atoms with Crippen molar-refractivity contribution in [2.45, 2.75) is 112 Å². The van der Waals surface area contributed by atoms with E-state index in [1.807, 2.05) is 0 Å². The number of carboxylic acids is 1. The van der Waals surface area contributed by atoms with Crippen LogP contribution in [0.25, 0.3) is 0 Å². The molecule has 0 aromatic heterocycles. The van der Waals surface area contributed by atoms with Crippen molar-refractivity contribution in [1.29, 1.82) is 0 Å².